The lowest BCUT2D eigenvalue weighted by Gasteiger charge is -2.34. The summed E-state index contributed by atoms with van der Waals surface area (Å²) in [6.07, 6.45) is 0.666. The molecule has 0 aromatic heterocycles. The van der Waals surface area contributed by atoms with E-state index >= 15 is 0 Å². The smallest absolute Gasteiger partial charge is 0.224 e. The number of hydrogen-bond donors (Lipinski definition) is 0. The Morgan fingerprint density at radius 3 is 2.43 bits per heavy atom. The summed E-state index contributed by atoms with van der Waals surface area (Å²) in [5.74, 6) is 1.11. The number of benzene rings is 1. The minimum atomic E-state index is 0.185. The molecule has 0 bridgehead atoms. The molecule has 1 aliphatic rings. The Labute approximate surface area is 139 Å². The number of carbonyl (C=O) groups excluding carboxylic acids is 1. The van der Waals surface area contributed by atoms with Gasteiger partial charge in [-0.1, -0.05) is 18.2 Å². The van der Waals surface area contributed by atoms with Gasteiger partial charge in [-0.25, -0.2) is 0 Å². The third-order valence-corrected chi connectivity index (χ3v) is 3.91. The van der Waals surface area contributed by atoms with E-state index in [1.54, 1.807) is 0 Å². The third-order valence-electron chi connectivity index (χ3n) is 3.91. The largest absolute Gasteiger partial charge is 0.492 e. The number of piperazine rings is 1. The number of nitrogens with zero attached hydrogens (tertiary/aromatic N) is 2. The molecule has 1 amide bonds. The van der Waals surface area contributed by atoms with Crippen LogP contribution in [0, 0.1) is 0 Å². The summed E-state index contributed by atoms with van der Waals surface area (Å²) in [5, 5.41) is 0. The lowest BCUT2D eigenvalue weighted by atomic mass is 10.3. The summed E-state index contributed by atoms with van der Waals surface area (Å²) in [5.41, 5.74) is 0. The quantitative estimate of drug-likeness (QED) is 0.735. The van der Waals surface area contributed by atoms with Gasteiger partial charge in [0.25, 0.3) is 0 Å². The van der Waals surface area contributed by atoms with Gasteiger partial charge in [-0.05, 0) is 26.0 Å². The first-order valence-electron chi connectivity index (χ1n) is 8.44. The van der Waals surface area contributed by atoms with Crippen molar-refractivity contribution in [1.82, 2.24) is 9.80 Å². The molecule has 0 aliphatic carbocycles. The van der Waals surface area contributed by atoms with E-state index in [1.165, 1.54) is 0 Å². The van der Waals surface area contributed by atoms with Gasteiger partial charge in [-0.2, -0.15) is 0 Å². The molecule has 0 unspecified atom stereocenters. The molecule has 0 atom stereocenters. The second-order valence-corrected chi connectivity index (χ2v) is 6.05. The fraction of sp³-hybridized carbons (Fsp3) is 0.611. The van der Waals surface area contributed by atoms with Crippen LogP contribution in [0.3, 0.4) is 0 Å². The van der Waals surface area contributed by atoms with Gasteiger partial charge >= 0.3 is 0 Å². The molecule has 1 aromatic carbocycles. The van der Waals surface area contributed by atoms with Crippen LogP contribution in [-0.2, 0) is 9.53 Å². The normalized spacial score (nSPS) is 15.9. The van der Waals surface area contributed by atoms with Crippen molar-refractivity contribution in [3.8, 4) is 5.75 Å². The van der Waals surface area contributed by atoms with Crippen LogP contribution in [-0.4, -0.2) is 67.7 Å². The molecule has 2 rings (SSSR count). The van der Waals surface area contributed by atoms with Crippen molar-refractivity contribution in [2.75, 3.05) is 45.9 Å². The van der Waals surface area contributed by atoms with Crippen LogP contribution in [0.15, 0.2) is 30.3 Å². The van der Waals surface area contributed by atoms with Gasteiger partial charge in [0, 0.05) is 32.7 Å². The highest BCUT2D eigenvalue weighted by molar-refractivity contribution is 5.76. The van der Waals surface area contributed by atoms with Gasteiger partial charge in [0.15, 0.2) is 0 Å². The zero-order chi connectivity index (χ0) is 16.5. The fourth-order valence-electron chi connectivity index (χ4n) is 2.57. The van der Waals surface area contributed by atoms with Crippen molar-refractivity contribution in [2.45, 2.75) is 26.4 Å². The number of rotatable bonds is 8. The number of para-hydroxylation sites is 1. The maximum atomic E-state index is 12.1. The zero-order valence-electron chi connectivity index (χ0n) is 14.2. The monoisotopic (exact) mass is 320 g/mol. The summed E-state index contributed by atoms with van der Waals surface area (Å²) in [6.45, 7) is 9.48. The molecular weight excluding hydrogens is 292 g/mol. The summed E-state index contributed by atoms with van der Waals surface area (Å²) < 4.78 is 11.2. The maximum absolute atomic E-state index is 12.1. The zero-order valence-corrected chi connectivity index (χ0v) is 14.2. The number of ether oxygens (including phenoxy) is 2. The Balaban J connectivity index is 1.59. The van der Waals surface area contributed by atoms with Gasteiger partial charge in [0.2, 0.25) is 5.91 Å². The Kier molecular flexibility index (Phi) is 7.36. The lowest BCUT2D eigenvalue weighted by molar-refractivity contribution is -0.134. The molecule has 0 spiro atoms. The van der Waals surface area contributed by atoms with Crippen molar-refractivity contribution >= 4 is 5.91 Å². The molecule has 128 valence electrons. The van der Waals surface area contributed by atoms with Crippen molar-refractivity contribution in [2.24, 2.45) is 0 Å². The average Bonchev–Trinajstić information content (AvgIpc) is 2.56. The summed E-state index contributed by atoms with van der Waals surface area (Å²) in [7, 11) is 0. The molecule has 1 fully saturated rings. The number of amides is 1. The Morgan fingerprint density at radius 2 is 1.78 bits per heavy atom. The Morgan fingerprint density at radius 1 is 1.09 bits per heavy atom. The van der Waals surface area contributed by atoms with Crippen LogP contribution in [0.25, 0.3) is 0 Å². The van der Waals surface area contributed by atoms with E-state index in [9.17, 15) is 4.79 Å². The van der Waals surface area contributed by atoms with E-state index in [-0.39, 0.29) is 12.0 Å². The van der Waals surface area contributed by atoms with E-state index in [0.29, 0.717) is 19.6 Å². The third kappa shape index (κ3) is 6.59. The van der Waals surface area contributed by atoms with Gasteiger partial charge < -0.3 is 14.4 Å². The van der Waals surface area contributed by atoms with Crippen LogP contribution in [0.4, 0.5) is 0 Å². The molecule has 1 aliphatic heterocycles. The van der Waals surface area contributed by atoms with Gasteiger partial charge in [-0.3, -0.25) is 9.69 Å². The minimum absolute atomic E-state index is 0.185. The molecule has 0 saturated carbocycles. The molecular formula is C18H28N2O3. The Bertz CT molecular complexity index is 457. The second kappa shape index (κ2) is 9.53. The topological polar surface area (TPSA) is 42.0 Å². The van der Waals surface area contributed by atoms with E-state index in [1.807, 2.05) is 49.1 Å². The molecule has 5 heteroatoms. The van der Waals surface area contributed by atoms with E-state index in [4.69, 9.17) is 9.47 Å². The van der Waals surface area contributed by atoms with Crippen LogP contribution in [0.2, 0.25) is 0 Å². The van der Waals surface area contributed by atoms with Crippen molar-refractivity contribution < 1.29 is 14.3 Å². The summed E-state index contributed by atoms with van der Waals surface area (Å²) in [6, 6.07) is 9.87. The first kappa shape index (κ1) is 17.8. The average molecular weight is 320 g/mol. The number of hydrogen-bond acceptors (Lipinski definition) is 4. The second-order valence-electron chi connectivity index (χ2n) is 6.05. The maximum Gasteiger partial charge on any atom is 0.224 e. The fourth-order valence-corrected chi connectivity index (χ4v) is 2.57. The molecule has 0 N–H and O–H groups in total. The molecule has 23 heavy (non-hydrogen) atoms. The first-order valence-corrected chi connectivity index (χ1v) is 8.44. The highest BCUT2D eigenvalue weighted by Crippen LogP contribution is 2.09. The van der Waals surface area contributed by atoms with Crippen molar-refractivity contribution in [3.63, 3.8) is 0 Å². The van der Waals surface area contributed by atoms with Crippen LogP contribution < -0.4 is 4.74 Å². The first-order chi connectivity index (χ1) is 11.1. The highest BCUT2D eigenvalue weighted by atomic mass is 16.5. The molecule has 1 saturated heterocycles. The van der Waals surface area contributed by atoms with Gasteiger partial charge in [0.05, 0.1) is 19.1 Å². The SMILES string of the molecule is CC(C)OCCC(=O)N1CCN(CCOc2ccccc2)CC1. The summed E-state index contributed by atoms with van der Waals surface area (Å²) >= 11 is 0. The van der Waals surface area contributed by atoms with E-state index < -0.39 is 0 Å². The molecule has 5 nitrogen and oxygen atoms in total. The standard InChI is InChI=1S/C18H28N2O3/c1-16(2)22-14-8-18(21)20-11-9-19(10-12-20)13-15-23-17-6-4-3-5-7-17/h3-7,16H,8-15H2,1-2H3. The number of carbonyl (C=O) groups is 1. The molecule has 0 radical (unpaired) electrons. The van der Waals surface area contributed by atoms with Crippen LogP contribution in [0.5, 0.6) is 5.75 Å². The molecule has 1 aromatic rings. The van der Waals surface area contributed by atoms with Crippen molar-refractivity contribution in [3.05, 3.63) is 30.3 Å². The predicted molar refractivity (Wildman–Crippen MR) is 90.7 cm³/mol. The molecule has 1 heterocycles. The Hall–Kier alpha value is -1.59. The van der Waals surface area contributed by atoms with E-state index in [2.05, 4.69) is 4.90 Å². The summed E-state index contributed by atoms with van der Waals surface area (Å²) in [4.78, 5) is 16.4. The highest BCUT2D eigenvalue weighted by Gasteiger charge is 2.20. The van der Waals surface area contributed by atoms with Gasteiger partial charge in [0.1, 0.15) is 12.4 Å². The predicted octanol–water partition coefficient (Wildman–Crippen LogP) is 2.02. The van der Waals surface area contributed by atoms with Crippen LogP contribution >= 0.6 is 0 Å². The van der Waals surface area contributed by atoms with Gasteiger partial charge in [-0.15, -0.1) is 0 Å². The minimum Gasteiger partial charge on any atom is -0.492 e. The van der Waals surface area contributed by atoms with Crippen LogP contribution in [0.1, 0.15) is 20.3 Å². The van der Waals surface area contributed by atoms with Crippen molar-refractivity contribution in [1.29, 1.82) is 0 Å². The lowest BCUT2D eigenvalue weighted by Crippen LogP contribution is -2.49. The van der Waals surface area contributed by atoms with E-state index in [0.717, 1.165) is 38.5 Å².